The first-order valence-corrected chi connectivity index (χ1v) is 7.42. The van der Waals surface area contributed by atoms with Gasteiger partial charge in [-0.15, -0.1) is 0 Å². The highest BCUT2D eigenvalue weighted by atomic mass is 16.5. The Hall–Kier alpha value is -2.70. The van der Waals surface area contributed by atoms with Crippen molar-refractivity contribution in [2.24, 2.45) is 0 Å². The van der Waals surface area contributed by atoms with Crippen LogP contribution in [0, 0.1) is 6.92 Å². The van der Waals surface area contributed by atoms with Crippen LogP contribution in [-0.2, 0) is 17.6 Å². The van der Waals surface area contributed by atoms with E-state index in [2.05, 4.69) is 15.5 Å². The van der Waals surface area contributed by atoms with Crippen LogP contribution < -0.4 is 5.32 Å². The van der Waals surface area contributed by atoms with Crippen molar-refractivity contribution >= 4 is 11.9 Å². The molecule has 0 bridgehead atoms. The Bertz CT molecular complexity index is 664. The van der Waals surface area contributed by atoms with Gasteiger partial charge in [0, 0.05) is 19.4 Å². The van der Waals surface area contributed by atoms with Crippen LogP contribution in [0.5, 0.6) is 0 Å². The lowest BCUT2D eigenvalue weighted by Gasteiger charge is -2.05. The minimum atomic E-state index is -0.953. The van der Waals surface area contributed by atoms with E-state index in [0.29, 0.717) is 37.5 Å². The second kappa shape index (κ2) is 8.07. The number of hydrogen-bond donors (Lipinski definition) is 2. The summed E-state index contributed by atoms with van der Waals surface area (Å²) in [4.78, 5) is 26.6. The van der Waals surface area contributed by atoms with E-state index in [1.807, 2.05) is 0 Å². The van der Waals surface area contributed by atoms with E-state index in [-0.39, 0.29) is 11.5 Å². The Balaban J connectivity index is 1.63. The summed E-state index contributed by atoms with van der Waals surface area (Å²) in [5.74, 6) is 0.202. The lowest BCUT2D eigenvalue weighted by molar-refractivity contribution is -0.121. The predicted molar refractivity (Wildman–Crippen MR) is 82.1 cm³/mol. The van der Waals surface area contributed by atoms with Crippen LogP contribution in [0.4, 0.5) is 0 Å². The highest BCUT2D eigenvalue weighted by Gasteiger charge is 2.06. The van der Waals surface area contributed by atoms with Crippen molar-refractivity contribution in [2.75, 3.05) is 6.54 Å². The number of aromatic carboxylic acids is 1. The van der Waals surface area contributed by atoms with Crippen molar-refractivity contribution in [1.82, 2.24) is 15.5 Å². The van der Waals surface area contributed by atoms with Gasteiger partial charge in [0.05, 0.1) is 5.56 Å². The van der Waals surface area contributed by atoms with Crippen LogP contribution in [0.1, 0.15) is 40.5 Å². The molecule has 0 aliphatic rings. The van der Waals surface area contributed by atoms with E-state index < -0.39 is 5.97 Å². The highest BCUT2D eigenvalue weighted by Crippen LogP contribution is 2.07. The summed E-state index contributed by atoms with van der Waals surface area (Å²) in [6.07, 6.45) is 2.32. The van der Waals surface area contributed by atoms with Gasteiger partial charge >= 0.3 is 5.97 Å². The van der Waals surface area contributed by atoms with E-state index in [1.54, 1.807) is 31.2 Å². The van der Waals surface area contributed by atoms with Gasteiger partial charge in [-0.1, -0.05) is 17.3 Å². The van der Waals surface area contributed by atoms with Crippen molar-refractivity contribution in [3.05, 3.63) is 47.1 Å². The highest BCUT2D eigenvalue weighted by molar-refractivity contribution is 5.87. The van der Waals surface area contributed by atoms with Crippen LogP contribution in [0.25, 0.3) is 0 Å². The first-order chi connectivity index (χ1) is 11.0. The number of nitrogens with one attached hydrogen (secondary N) is 1. The van der Waals surface area contributed by atoms with Gasteiger partial charge < -0.3 is 14.9 Å². The molecule has 1 heterocycles. The molecule has 122 valence electrons. The first kappa shape index (κ1) is 16.7. The second-order valence-corrected chi connectivity index (χ2v) is 5.19. The molecule has 23 heavy (non-hydrogen) atoms. The maximum Gasteiger partial charge on any atom is 0.335 e. The number of aryl methyl sites for hydroxylation is 3. The minimum absolute atomic E-state index is 0.0333. The molecule has 0 fully saturated rings. The quantitative estimate of drug-likeness (QED) is 0.719. The molecule has 1 aromatic carbocycles. The molecule has 0 atom stereocenters. The number of carbonyl (C=O) groups excluding carboxylic acids is 1. The molecule has 7 nitrogen and oxygen atoms in total. The molecule has 0 saturated carbocycles. The number of rotatable bonds is 8. The standard InChI is InChI=1S/C16H19N3O4/c1-11-18-15(23-19-11)3-2-10-17-14(20)9-6-12-4-7-13(8-5-12)16(21)22/h4-5,7-8H,2-3,6,9-10H2,1H3,(H,17,20)(H,21,22). The molecule has 2 N–H and O–H groups in total. The number of carbonyl (C=O) groups is 2. The molecule has 0 aliphatic heterocycles. The predicted octanol–water partition coefficient (Wildman–Crippen LogP) is 1.76. The molecule has 0 saturated heterocycles. The number of benzene rings is 1. The number of hydrogen-bond acceptors (Lipinski definition) is 5. The zero-order valence-corrected chi connectivity index (χ0v) is 12.9. The van der Waals surface area contributed by atoms with Crippen LogP contribution in [0.15, 0.2) is 28.8 Å². The molecule has 2 rings (SSSR count). The summed E-state index contributed by atoms with van der Waals surface area (Å²) in [5, 5.41) is 15.4. The summed E-state index contributed by atoms with van der Waals surface area (Å²) < 4.78 is 4.99. The lowest BCUT2D eigenvalue weighted by atomic mass is 10.1. The Morgan fingerprint density at radius 2 is 1.96 bits per heavy atom. The van der Waals surface area contributed by atoms with E-state index in [0.717, 1.165) is 12.0 Å². The monoisotopic (exact) mass is 317 g/mol. The largest absolute Gasteiger partial charge is 0.478 e. The molecule has 0 unspecified atom stereocenters. The molecular weight excluding hydrogens is 298 g/mol. The zero-order valence-electron chi connectivity index (χ0n) is 12.9. The average molecular weight is 317 g/mol. The van der Waals surface area contributed by atoms with Crippen molar-refractivity contribution in [3.63, 3.8) is 0 Å². The van der Waals surface area contributed by atoms with Gasteiger partial charge in [0.25, 0.3) is 0 Å². The molecule has 0 spiro atoms. The number of amides is 1. The molecule has 1 amide bonds. The normalized spacial score (nSPS) is 10.5. The van der Waals surface area contributed by atoms with Crippen LogP contribution in [-0.4, -0.2) is 33.7 Å². The zero-order chi connectivity index (χ0) is 16.7. The molecule has 7 heteroatoms. The van der Waals surface area contributed by atoms with Crippen molar-refractivity contribution in [1.29, 1.82) is 0 Å². The average Bonchev–Trinajstić information content (AvgIpc) is 2.95. The minimum Gasteiger partial charge on any atom is -0.478 e. The fourth-order valence-corrected chi connectivity index (χ4v) is 2.07. The Labute approximate surface area is 133 Å². The fraction of sp³-hybridized carbons (Fsp3) is 0.375. The molecule has 0 radical (unpaired) electrons. The van der Waals surface area contributed by atoms with Crippen LogP contribution in [0.2, 0.25) is 0 Å². The molecule has 0 aliphatic carbocycles. The molecule has 1 aromatic heterocycles. The Morgan fingerprint density at radius 3 is 2.57 bits per heavy atom. The van der Waals surface area contributed by atoms with Crippen molar-refractivity contribution in [3.8, 4) is 0 Å². The number of carboxylic acid groups (broad SMARTS) is 1. The smallest absolute Gasteiger partial charge is 0.335 e. The fourth-order valence-electron chi connectivity index (χ4n) is 2.07. The van der Waals surface area contributed by atoms with Crippen molar-refractivity contribution < 1.29 is 19.2 Å². The Morgan fingerprint density at radius 1 is 1.22 bits per heavy atom. The second-order valence-electron chi connectivity index (χ2n) is 5.19. The number of nitrogens with zero attached hydrogens (tertiary/aromatic N) is 2. The summed E-state index contributed by atoms with van der Waals surface area (Å²) in [6, 6.07) is 6.55. The van der Waals surface area contributed by atoms with Crippen LogP contribution >= 0.6 is 0 Å². The topological polar surface area (TPSA) is 105 Å². The molecule has 2 aromatic rings. The van der Waals surface area contributed by atoms with Gasteiger partial charge in [-0.2, -0.15) is 4.98 Å². The third-order valence-electron chi connectivity index (χ3n) is 3.30. The first-order valence-electron chi connectivity index (χ1n) is 7.42. The third kappa shape index (κ3) is 5.54. The Kier molecular flexibility index (Phi) is 5.85. The van der Waals surface area contributed by atoms with E-state index in [4.69, 9.17) is 9.63 Å². The summed E-state index contributed by atoms with van der Waals surface area (Å²) in [7, 11) is 0. The van der Waals surface area contributed by atoms with E-state index in [1.165, 1.54) is 0 Å². The van der Waals surface area contributed by atoms with Gasteiger partial charge in [-0.3, -0.25) is 4.79 Å². The number of aromatic nitrogens is 2. The maximum absolute atomic E-state index is 11.8. The van der Waals surface area contributed by atoms with Gasteiger partial charge in [-0.25, -0.2) is 4.79 Å². The SMILES string of the molecule is Cc1noc(CCCNC(=O)CCc2ccc(C(=O)O)cc2)n1. The molecular formula is C16H19N3O4. The maximum atomic E-state index is 11.8. The summed E-state index contributed by atoms with van der Waals surface area (Å²) >= 11 is 0. The van der Waals surface area contributed by atoms with Gasteiger partial charge in [-0.05, 0) is 37.5 Å². The number of carboxylic acids is 1. The summed E-state index contributed by atoms with van der Waals surface area (Å²) in [6.45, 7) is 2.32. The third-order valence-corrected chi connectivity index (χ3v) is 3.30. The van der Waals surface area contributed by atoms with Gasteiger partial charge in [0.2, 0.25) is 11.8 Å². The van der Waals surface area contributed by atoms with Crippen molar-refractivity contribution in [2.45, 2.75) is 32.6 Å². The van der Waals surface area contributed by atoms with E-state index in [9.17, 15) is 9.59 Å². The van der Waals surface area contributed by atoms with Gasteiger partial charge in [0.15, 0.2) is 5.82 Å². The van der Waals surface area contributed by atoms with Crippen LogP contribution in [0.3, 0.4) is 0 Å². The van der Waals surface area contributed by atoms with Gasteiger partial charge in [0.1, 0.15) is 0 Å². The summed E-state index contributed by atoms with van der Waals surface area (Å²) in [5.41, 5.74) is 1.18. The lowest BCUT2D eigenvalue weighted by Crippen LogP contribution is -2.25. The van der Waals surface area contributed by atoms with E-state index >= 15 is 0 Å².